The van der Waals surface area contributed by atoms with E-state index in [4.69, 9.17) is 16.3 Å². The molecule has 0 bridgehead atoms. The molecule has 1 amide bonds. The van der Waals surface area contributed by atoms with Gasteiger partial charge in [0.2, 0.25) is 5.91 Å². The number of benzene rings is 2. The van der Waals surface area contributed by atoms with Crippen molar-refractivity contribution in [2.45, 2.75) is 38.8 Å². The van der Waals surface area contributed by atoms with Gasteiger partial charge in [0.25, 0.3) is 0 Å². The normalized spacial score (nSPS) is 13.1. The Morgan fingerprint density at radius 1 is 1.22 bits per heavy atom. The topological polar surface area (TPSA) is 59.6 Å². The summed E-state index contributed by atoms with van der Waals surface area (Å²) in [6.45, 7) is 3.79. The molecule has 2 aromatic carbocycles. The molecule has 146 valence electrons. The first kappa shape index (κ1) is 21.2. The molecule has 0 aliphatic carbocycles. The lowest BCUT2D eigenvalue weighted by Gasteiger charge is -2.24. The van der Waals surface area contributed by atoms with Crippen LogP contribution in [0.25, 0.3) is 0 Å². The van der Waals surface area contributed by atoms with E-state index in [1.54, 1.807) is 36.4 Å². The van der Waals surface area contributed by atoms with Gasteiger partial charge >= 0.3 is 0 Å². The fourth-order valence-corrected chi connectivity index (χ4v) is 2.96. The number of carbonyl (C=O) groups is 1. The number of rotatable bonds is 9. The molecule has 0 saturated heterocycles. The summed E-state index contributed by atoms with van der Waals surface area (Å²) in [7, 11) is 1.38. The number of para-hydroxylation sites is 1. The van der Waals surface area contributed by atoms with E-state index in [9.17, 15) is 4.79 Å². The first-order valence-electron chi connectivity index (χ1n) is 8.74. The van der Waals surface area contributed by atoms with E-state index in [-0.39, 0.29) is 35.2 Å². The number of ether oxygens (including phenoxy) is 1. The number of nitrogens with one attached hydrogen (secondary N) is 2. The highest BCUT2D eigenvalue weighted by Gasteiger charge is 2.22. The van der Waals surface area contributed by atoms with E-state index in [0.29, 0.717) is 17.7 Å². The van der Waals surface area contributed by atoms with Gasteiger partial charge in [-0.15, -0.1) is 0 Å². The van der Waals surface area contributed by atoms with Crippen LogP contribution in [0.1, 0.15) is 38.3 Å². The predicted octanol–water partition coefficient (Wildman–Crippen LogP) is 4.77. The molecule has 0 spiro atoms. The molecule has 0 heterocycles. The van der Waals surface area contributed by atoms with Crippen LogP contribution in [0.2, 0.25) is 5.02 Å². The molecule has 0 fully saturated rings. The highest BCUT2D eigenvalue weighted by atomic mass is 35.5. The smallest absolute Gasteiger partial charge is 0.245 e. The van der Waals surface area contributed by atoms with Crippen LogP contribution in [-0.2, 0) is 9.63 Å². The van der Waals surface area contributed by atoms with E-state index >= 15 is 4.39 Å². The van der Waals surface area contributed by atoms with Crippen LogP contribution in [0.5, 0.6) is 11.5 Å². The highest BCUT2D eigenvalue weighted by molar-refractivity contribution is 6.32. The quantitative estimate of drug-likeness (QED) is 0.601. The van der Waals surface area contributed by atoms with Crippen molar-refractivity contribution in [2.75, 3.05) is 7.11 Å². The van der Waals surface area contributed by atoms with Gasteiger partial charge in [-0.1, -0.05) is 42.8 Å². The van der Waals surface area contributed by atoms with E-state index in [2.05, 4.69) is 15.6 Å². The van der Waals surface area contributed by atoms with Gasteiger partial charge in [-0.3, -0.25) is 9.63 Å². The minimum atomic E-state index is -0.515. The van der Waals surface area contributed by atoms with Crippen LogP contribution in [-0.4, -0.2) is 19.1 Å². The Labute approximate surface area is 163 Å². The van der Waals surface area contributed by atoms with Crippen molar-refractivity contribution >= 4 is 17.5 Å². The van der Waals surface area contributed by atoms with Crippen LogP contribution in [0.15, 0.2) is 42.5 Å². The molecular weight excluding hydrogens is 371 g/mol. The third kappa shape index (κ3) is 5.92. The number of hydroxylamine groups is 1. The van der Waals surface area contributed by atoms with Crippen LogP contribution < -0.4 is 15.5 Å². The van der Waals surface area contributed by atoms with Gasteiger partial charge in [0.1, 0.15) is 5.75 Å². The summed E-state index contributed by atoms with van der Waals surface area (Å²) in [6, 6.07) is 11.7. The Balaban J connectivity index is 2.20. The Morgan fingerprint density at radius 2 is 1.93 bits per heavy atom. The Morgan fingerprint density at radius 3 is 2.56 bits per heavy atom. The van der Waals surface area contributed by atoms with E-state index in [0.717, 1.165) is 0 Å². The van der Waals surface area contributed by atoms with Crippen LogP contribution in [0.3, 0.4) is 0 Å². The van der Waals surface area contributed by atoms with Crippen molar-refractivity contribution < 1.29 is 18.8 Å². The summed E-state index contributed by atoms with van der Waals surface area (Å²) >= 11 is 6.16. The van der Waals surface area contributed by atoms with E-state index in [1.807, 2.05) is 19.9 Å². The zero-order valence-corrected chi connectivity index (χ0v) is 16.3. The van der Waals surface area contributed by atoms with Crippen molar-refractivity contribution in [3.63, 3.8) is 0 Å². The van der Waals surface area contributed by atoms with Crippen LogP contribution in [0, 0.1) is 5.82 Å². The summed E-state index contributed by atoms with van der Waals surface area (Å²) < 4.78 is 20.8. The summed E-state index contributed by atoms with van der Waals surface area (Å²) in [5.74, 6) is -0.275. The average Bonchev–Trinajstić information content (AvgIpc) is 2.64. The van der Waals surface area contributed by atoms with Gasteiger partial charge < -0.3 is 10.1 Å². The Hall–Kier alpha value is -2.15. The number of carbonyl (C=O) groups excluding carboxylic acids is 1. The van der Waals surface area contributed by atoms with E-state index in [1.165, 1.54) is 7.11 Å². The summed E-state index contributed by atoms with van der Waals surface area (Å²) in [4.78, 5) is 16.2. The monoisotopic (exact) mass is 394 g/mol. The Bertz CT molecular complexity index is 758. The summed E-state index contributed by atoms with van der Waals surface area (Å²) in [5.41, 5.74) is 2.71. The van der Waals surface area contributed by atoms with Gasteiger partial charge in [-0.25, -0.2) is 9.87 Å². The lowest BCUT2D eigenvalue weighted by molar-refractivity contribution is -0.131. The second-order valence-corrected chi connectivity index (χ2v) is 6.56. The zero-order valence-electron chi connectivity index (χ0n) is 15.6. The lowest BCUT2D eigenvalue weighted by atomic mass is 10.0. The SMILES string of the molecule is CC[C@@H](N[C@@H](C)CC(=O)NOC)c1ccc(Cl)c(Oc2ccccc2)c1F. The van der Waals surface area contributed by atoms with Crippen molar-refractivity contribution in [1.82, 2.24) is 10.8 Å². The van der Waals surface area contributed by atoms with Crippen LogP contribution in [0.4, 0.5) is 4.39 Å². The third-order valence-corrected chi connectivity index (χ3v) is 4.32. The minimum Gasteiger partial charge on any atom is -0.453 e. The molecule has 2 atom stereocenters. The van der Waals surface area contributed by atoms with Crippen molar-refractivity contribution in [2.24, 2.45) is 0 Å². The van der Waals surface area contributed by atoms with Gasteiger partial charge in [0, 0.05) is 24.1 Å². The molecule has 2 N–H and O–H groups in total. The first-order chi connectivity index (χ1) is 13.0. The van der Waals surface area contributed by atoms with Gasteiger partial charge in [0.15, 0.2) is 11.6 Å². The minimum absolute atomic E-state index is 0.00889. The zero-order chi connectivity index (χ0) is 19.8. The molecule has 2 aromatic rings. The first-order valence-corrected chi connectivity index (χ1v) is 9.12. The molecule has 0 radical (unpaired) electrons. The fourth-order valence-electron chi connectivity index (χ4n) is 2.78. The average molecular weight is 395 g/mol. The molecular formula is C20H24ClFN2O3. The molecule has 0 aliphatic rings. The molecule has 0 unspecified atom stereocenters. The van der Waals surface area contributed by atoms with Gasteiger partial charge in [-0.05, 0) is 31.5 Å². The summed E-state index contributed by atoms with van der Waals surface area (Å²) in [6.07, 6.45) is 0.826. The summed E-state index contributed by atoms with van der Waals surface area (Å²) in [5, 5.41) is 3.47. The molecule has 0 aliphatic heterocycles. The highest BCUT2D eigenvalue weighted by Crippen LogP contribution is 2.36. The largest absolute Gasteiger partial charge is 0.453 e. The van der Waals surface area contributed by atoms with Crippen LogP contribution >= 0.6 is 11.6 Å². The molecule has 0 aromatic heterocycles. The molecule has 27 heavy (non-hydrogen) atoms. The molecule has 2 rings (SSSR count). The maximum atomic E-state index is 15.1. The predicted molar refractivity (Wildman–Crippen MR) is 103 cm³/mol. The second-order valence-electron chi connectivity index (χ2n) is 6.16. The molecule has 5 nitrogen and oxygen atoms in total. The molecule has 0 saturated carbocycles. The maximum absolute atomic E-state index is 15.1. The Kier molecular flexibility index (Phi) is 8.03. The second kappa shape index (κ2) is 10.3. The fraction of sp³-hybridized carbons (Fsp3) is 0.350. The van der Waals surface area contributed by atoms with Crippen molar-refractivity contribution in [3.8, 4) is 11.5 Å². The maximum Gasteiger partial charge on any atom is 0.245 e. The standard InChI is InChI=1S/C20H24ClFN2O3/c1-4-17(23-13(2)12-18(25)24-26-3)15-10-11-16(21)20(19(15)22)27-14-8-6-5-7-9-14/h5-11,13,17,23H,4,12H2,1-3H3,(H,24,25)/t13-,17+/m0/s1. The number of hydrogen-bond donors (Lipinski definition) is 2. The van der Waals surface area contributed by atoms with Crippen molar-refractivity contribution in [3.05, 3.63) is 58.9 Å². The van der Waals surface area contributed by atoms with E-state index < -0.39 is 5.82 Å². The third-order valence-electron chi connectivity index (χ3n) is 4.02. The van der Waals surface area contributed by atoms with Crippen molar-refractivity contribution in [1.29, 1.82) is 0 Å². The number of amides is 1. The van der Waals surface area contributed by atoms with Gasteiger partial charge in [-0.2, -0.15) is 0 Å². The lowest BCUT2D eigenvalue weighted by Crippen LogP contribution is -2.35. The number of hydrogen-bond acceptors (Lipinski definition) is 4. The van der Waals surface area contributed by atoms with Gasteiger partial charge in [0.05, 0.1) is 12.1 Å². The number of halogens is 2. The molecule has 7 heteroatoms.